The number of aromatic nitrogens is 1. The summed E-state index contributed by atoms with van der Waals surface area (Å²) >= 11 is 1.76. The van der Waals surface area contributed by atoms with Gasteiger partial charge in [0.25, 0.3) is 0 Å². The molecule has 2 aromatic carbocycles. The van der Waals surface area contributed by atoms with Gasteiger partial charge in [-0.2, -0.15) is 0 Å². The fourth-order valence-corrected chi connectivity index (χ4v) is 6.44. The summed E-state index contributed by atoms with van der Waals surface area (Å²) in [5.41, 5.74) is 6.56. The van der Waals surface area contributed by atoms with Gasteiger partial charge in [0, 0.05) is 39.3 Å². The van der Waals surface area contributed by atoms with Crippen LogP contribution in [0.5, 0.6) is 0 Å². The molecule has 5 nitrogen and oxygen atoms in total. The largest absolute Gasteiger partial charge is 0.356 e. The number of nitrogens with one attached hydrogen (secondary N) is 1. The first kappa shape index (κ1) is 22.4. The molecule has 1 atom stereocenters. The van der Waals surface area contributed by atoms with E-state index in [9.17, 15) is 4.79 Å². The van der Waals surface area contributed by atoms with E-state index in [0.29, 0.717) is 0 Å². The number of benzene rings is 2. The van der Waals surface area contributed by atoms with Crippen molar-refractivity contribution in [3.63, 3.8) is 0 Å². The van der Waals surface area contributed by atoms with E-state index in [4.69, 9.17) is 4.98 Å². The van der Waals surface area contributed by atoms with Crippen molar-refractivity contribution in [3.8, 4) is 0 Å². The summed E-state index contributed by atoms with van der Waals surface area (Å²) in [5, 5.41) is 4.27. The second kappa shape index (κ2) is 9.82. The Morgan fingerprint density at radius 2 is 2.03 bits per heavy atom. The number of anilines is 1. The number of carbonyl (C=O) groups is 1. The van der Waals surface area contributed by atoms with Crippen LogP contribution in [0.1, 0.15) is 41.5 Å². The van der Waals surface area contributed by atoms with Crippen LogP contribution in [-0.2, 0) is 17.8 Å². The second-order valence-corrected chi connectivity index (χ2v) is 10.7. The topological polar surface area (TPSA) is 48.5 Å². The zero-order chi connectivity index (χ0) is 22.8. The first-order valence-electron chi connectivity index (χ1n) is 12.3. The number of rotatable bonds is 6. The number of fused-ring (bicyclic) bond motifs is 2. The molecule has 1 amide bonds. The molecule has 2 aliphatic heterocycles. The summed E-state index contributed by atoms with van der Waals surface area (Å²) in [4.78, 5) is 22.6. The monoisotopic (exact) mass is 462 g/mol. The Balaban J connectivity index is 1.11. The number of carbonyl (C=O) groups excluding carboxylic acids is 1. The molecular weight excluding hydrogens is 428 g/mol. The van der Waals surface area contributed by atoms with Crippen LogP contribution in [0, 0.1) is 19.8 Å². The number of hydrogen-bond donors (Lipinski definition) is 1. The number of thiazole rings is 1. The third-order valence-electron chi connectivity index (χ3n) is 7.04. The van der Waals surface area contributed by atoms with E-state index in [1.807, 2.05) is 0 Å². The second-order valence-electron chi connectivity index (χ2n) is 9.65. The smallest absolute Gasteiger partial charge is 0.224 e. The van der Waals surface area contributed by atoms with Crippen molar-refractivity contribution in [1.29, 1.82) is 0 Å². The summed E-state index contributed by atoms with van der Waals surface area (Å²) < 4.78 is 1.24. The van der Waals surface area contributed by atoms with Crippen molar-refractivity contribution in [2.75, 3.05) is 37.6 Å². The first-order chi connectivity index (χ1) is 16.1. The van der Waals surface area contributed by atoms with Crippen molar-refractivity contribution in [2.24, 2.45) is 5.92 Å². The van der Waals surface area contributed by atoms with E-state index in [0.717, 1.165) is 75.6 Å². The summed E-state index contributed by atoms with van der Waals surface area (Å²) in [6.07, 6.45) is 4.14. The van der Waals surface area contributed by atoms with E-state index in [1.165, 1.54) is 27.0 Å². The number of piperidine rings is 1. The SMILES string of the molecule is Cc1cc(C)c2nc(N3CCCC(C(=O)NCCCN4CCc5ccccc5C4)C3)sc2c1. The van der Waals surface area contributed by atoms with Gasteiger partial charge in [-0.05, 0) is 67.9 Å². The highest BCUT2D eigenvalue weighted by atomic mass is 32.1. The summed E-state index contributed by atoms with van der Waals surface area (Å²) in [7, 11) is 0. The van der Waals surface area contributed by atoms with E-state index in [2.05, 4.69) is 65.4 Å². The van der Waals surface area contributed by atoms with Crippen molar-refractivity contribution >= 4 is 32.6 Å². The molecule has 0 aliphatic carbocycles. The molecule has 6 heteroatoms. The maximum Gasteiger partial charge on any atom is 0.224 e. The fourth-order valence-electron chi connectivity index (χ4n) is 5.26. The predicted octanol–water partition coefficient (Wildman–Crippen LogP) is 4.69. The zero-order valence-corrected chi connectivity index (χ0v) is 20.6. The van der Waals surface area contributed by atoms with Crippen molar-refractivity contribution < 1.29 is 4.79 Å². The van der Waals surface area contributed by atoms with E-state index >= 15 is 0 Å². The van der Waals surface area contributed by atoms with E-state index in [-0.39, 0.29) is 11.8 Å². The Kier molecular flexibility index (Phi) is 6.65. The van der Waals surface area contributed by atoms with Gasteiger partial charge < -0.3 is 10.2 Å². The maximum atomic E-state index is 12.9. The Morgan fingerprint density at radius 1 is 1.18 bits per heavy atom. The van der Waals surface area contributed by atoms with Gasteiger partial charge >= 0.3 is 0 Å². The lowest BCUT2D eigenvalue weighted by atomic mass is 9.97. The molecule has 3 heterocycles. The van der Waals surface area contributed by atoms with Crippen LogP contribution >= 0.6 is 11.3 Å². The van der Waals surface area contributed by atoms with Crippen LogP contribution in [0.4, 0.5) is 5.13 Å². The van der Waals surface area contributed by atoms with Crippen LogP contribution in [0.25, 0.3) is 10.2 Å². The third kappa shape index (κ3) is 5.07. The van der Waals surface area contributed by atoms with Crippen molar-refractivity contribution in [1.82, 2.24) is 15.2 Å². The van der Waals surface area contributed by atoms with Gasteiger partial charge in [0.2, 0.25) is 5.91 Å². The molecule has 0 radical (unpaired) electrons. The Bertz CT molecular complexity index is 1140. The van der Waals surface area contributed by atoms with Gasteiger partial charge in [0.1, 0.15) is 0 Å². The average Bonchev–Trinajstić information content (AvgIpc) is 3.26. The van der Waals surface area contributed by atoms with Gasteiger partial charge in [-0.3, -0.25) is 9.69 Å². The van der Waals surface area contributed by atoms with Gasteiger partial charge in [-0.1, -0.05) is 41.7 Å². The summed E-state index contributed by atoms with van der Waals surface area (Å²) in [6, 6.07) is 13.2. The van der Waals surface area contributed by atoms with Crippen molar-refractivity contribution in [3.05, 3.63) is 58.7 Å². The Hall–Kier alpha value is -2.44. The van der Waals surface area contributed by atoms with Gasteiger partial charge in [0.05, 0.1) is 16.1 Å². The minimum atomic E-state index is 0.0514. The van der Waals surface area contributed by atoms with E-state index in [1.54, 1.807) is 11.3 Å². The maximum absolute atomic E-state index is 12.9. The van der Waals surface area contributed by atoms with Crippen LogP contribution in [0.15, 0.2) is 36.4 Å². The number of nitrogens with zero attached hydrogens (tertiary/aromatic N) is 3. The summed E-state index contributed by atoms with van der Waals surface area (Å²) in [5.74, 6) is 0.257. The highest BCUT2D eigenvalue weighted by Crippen LogP contribution is 2.33. The van der Waals surface area contributed by atoms with Crippen LogP contribution in [0.3, 0.4) is 0 Å². The molecule has 2 aliphatic rings. The average molecular weight is 463 g/mol. The standard InChI is InChI=1S/C27H34N4OS/c1-19-15-20(2)25-24(16-19)33-27(29-25)31-13-5-9-23(18-31)26(32)28-11-6-12-30-14-10-21-7-3-4-8-22(21)17-30/h3-4,7-8,15-16,23H,5-6,9-14,17-18H2,1-2H3,(H,28,32). The molecule has 0 saturated carbocycles. The van der Waals surface area contributed by atoms with Gasteiger partial charge in [0.15, 0.2) is 5.13 Å². The first-order valence-corrected chi connectivity index (χ1v) is 13.1. The lowest BCUT2D eigenvalue weighted by molar-refractivity contribution is -0.125. The lowest BCUT2D eigenvalue weighted by Gasteiger charge is -2.32. The molecule has 0 spiro atoms. The summed E-state index contributed by atoms with van der Waals surface area (Å²) in [6.45, 7) is 9.96. The normalized spacial score (nSPS) is 19.0. The number of amides is 1. The molecule has 1 fully saturated rings. The molecular formula is C27H34N4OS. The molecule has 1 unspecified atom stereocenters. The lowest BCUT2D eigenvalue weighted by Crippen LogP contribution is -2.43. The molecule has 1 aromatic heterocycles. The minimum Gasteiger partial charge on any atom is -0.356 e. The van der Waals surface area contributed by atoms with Crippen LogP contribution in [-0.4, -0.2) is 48.5 Å². The predicted molar refractivity (Wildman–Crippen MR) is 137 cm³/mol. The number of aryl methyl sites for hydroxylation is 2. The van der Waals surface area contributed by atoms with E-state index < -0.39 is 0 Å². The number of hydrogen-bond acceptors (Lipinski definition) is 5. The third-order valence-corrected chi connectivity index (χ3v) is 8.10. The zero-order valence-electron chi connectivity index (χ0n) is 19.8. The van der Waals surface area contributed by atoms with Gasteiger partial charge in [-0.25, -0.2) is 4.98 Å². The molecule has 174 valence electrons. The Morgan fingerprint density at radius 3 is 2.91 bits per heavy atom. The minimum absolute atomic E-state index is 0.0514. The van der Waals surface area contributed by atoms with Gasteiger partial charge in [-0.15, -0.1) is 0 Å². The Labute approximate surface area is 200 Å². The molecule has 1 N–H and O–H groups in total. The van der Waals surface area contributed by atoms with Crippen molar-refractivity contribution in [2.45, 2.75) is 46.1 Å². The molecule has 5 rings (SSSR count). The van der Waals surface area contributed by atoms with Crippen LogP contribution < -0.4 is 10.2 Å². The molecule has 0 bridgehead atoms. The highest BCUT2D eigenvalue weighted by molar-refractivity contribution is 7.22. The molecule has 1 saturated heterocycles. The fraction of sp³-hybridized carbons (Fsp3) is 0.481. The quantitative estimate of drug-likeness (QED) is 0.540. The van der Waals surface area contributed by atoms with Crippen LogP contribution in [0.2, 0.25) is 0 Å². The molecule has 33 heavy (non-hydrogen) atoms. The highest BCUT2D eigenvalue weighted by Gasteiger charge is 2.27. The molecule has 3 aromatic rings.